The van der Waals surface area contributed by atoms with Crippen LogP contribution >= 0.6 is 0 Å². The van der Waals surface area contributed by atoms with Gasteiger partial charge in [-0.05, 0) is 37.8 Å². The van der Waals surface area contributed by atoms with Gasteiger partial charge < -0.3 is 5.11 Å². The van der Waals surface area contributed by atoms with Gasteiger partial charge in [-0.25, -0.2) is 8.42 Å². The maximum absolute atomic E-state index is 12.3. The molecule has 20 heavy (non-hydrogen) atoms. The van der Waals surface area contributed by atoms with Crippen molar-refractivity contribution in [2.24, 2.45) is 0 Å². The number of anilines is 1. The number of carboxylic acid groups (broad SMARTS) is 1. The van der Waals surface area contributed by atoms with Crippen LogP contribution in [0.25, 0.3) is 0 Å². The van der Waals surface area contributed by atoms with Crippen molar-refractivity contribution in [2.45, 2.75) is 32.6 Å². The van der Waals surface area contributed by atoms with Crippen LogP contribution in [-0.4, -0.2) is 31.8 Å². The van der Waals surface area contributed by atoms with Crippen LogP contribution < -0.4 is 4.31 Å². The Morgan fingerprint density at radius 2 is 2.15 bits per heavy atom. The second-order valence-electron chi connectivity index (χ2n) is 5.12. The van der Waals surface area contributed by atoms with E-state index in [1.807, 2.05) is 25.1 Å². The van der Waals surface area contributed by atoms with E-state index in [-0.39, 0.29) is 18.6 Å². The summed E-state index contributed by atoms with van der Waals surface area (Å²) in [6.07, 6.45) is 1.72. The average molecular weight is 297 g/mol. The first-order valence-corrected chi connectivity index (χ1v) is 8.33. The molecule has 0 saturated heterocycles. The van der Waals surface area contributed by atoms with E-state index in [1.165, 1.54) is 4.31 Å². The third kappa shape index (κ3) is 3.30. The third-order valence-electron chi connectivity index (χ3n) is 3.44. The van der Waals surface area contributed by atoms with Gasteiger partial charge in [-0.2, -0.15) is 0 Å². The molecule has 6 heteroatoms. The maximum atomic E-state index is 12.3. The number of nitrogens with zero attached hydrogens (tertiary/aromatic N) is 1. The predicted molar refractivity (Wildman–Crippen MR) is 77.5 cm³/mol. The van der Waals surface area contributed by atoms with Gasteiger partial charge in [0.25, 0.3) is 0 Å². The number of fused-ring (bicyclic) bond motifs is 1. The molecule has 0 aliphatic carbocycles. The summed E-state index contributed by atoms with van der Waals surface area (Å²) < 4.78 is 26.1. The van der Waals surface area contributed by atoms with Crippen molar-refractivity contribution in [2.75, 3.05) is 16.6 Å². The van der Waals surface area contributed by atoms with Crippen molar-refractivity contribution >= 4 is 21.7 Å². The maximum Gasteiger partial charge on any atom is 0.303 e. The number of benzene rings is 1. The van der Waals surface area contributed by atoms with Crippen LogP contribution in [0.2, 0.25) is 0 Å². The summed E-state index contributed by atoms with van der Waals surface area (Å²) in [7, 11) is -3.44. The number of aryl methyl sites for hydroxylation is 2. The van der Waals surface area contributed by atoms with Crippen molar-refractivity contribution < 1.29 is 18.3 Å². The van der Waals surface area contributed by atoms with E-state index in [0.29, 0.717) is 6.54 Å². The molecular weight excluding hydrogens is 278 g/mol. The number of carboxylic acids is 1. The Bertz CT molecular complexity index is 610. The van der Waals surface area contributed by atoms with Gasteiger partial charge in [0.2, 0.25) is 10.0 Å². The zero-order valence-corrected chi connectivity index (χ0v) is 12.3. The normalized spacial score (nSPS) is 14.9. The lowest BCUT2D eigenvalue weighted by atomic mass is 10.0. The zero-order chi connectivity index (χ0) is 14.8. The largest absolute Gasteiger partial charge is 0.481 e. The third-order valence-corrected chi connectivity index (χ3v) is 5.30. The first-order chi connectivity index (χ1) is 9.40. The highest BCUT2D eigenvalue weighted by molar-refractivity contribution is 7.92. The molecule has 110 valence electrons. The number of sulfonamides is 1. The molecule has 2 rings (SSSR count). The number of carbonyl (C=O) groups is 1. The SMILES string of the molecule is Cc1ccc2c(c1)CCCN2S(=O)(=O)CCCC(=O)O. The van der Waals surface area contributed by atoms with Gasteiger partial charge in [-0.15, -0.1) is 0 Å². The van der Waals surface area contributed by atoms with Crippen molar-refractivity contribution in [3.63, 3.8) is 0 Å². The number of hydrogen-bond donors (Lipinski definition) is 1. The molecule has 1 aromatic rings. The molecule has 0 bridgehead atoms. The van der Waals surface area contributed by atoms with Gasteiger partial charge in [0.1, 0.15) is 0 Å². The Kier molecular flexibility index (Phi) is 4.32. The Morgan fingerprint density at radius 3 is 2.85 bits per heavy atom. The van der Waals surface area contributed by atoms with Crippen molar-refractivity contribution in [3.05, 3.63) is 29.3 Å². The predicted octanol–water partition coefficient (Wildman–Crippen LogP) is 1.94. The average Bonchev–Trinajstić information content (AvgIpc) is 2.36. The molecule has 1 heterocycles. The second-order valence-corrected chi connectivity index (χ2v) is 7.13. The molecule has 0 atom stereocenters. The summed E-state index contributed by atoms with van der Waals surface area (Å²) in [5.74, 6) is -1.08. The zero-order valence-electron chi connectivity index (χ0n) is 11.5. The summed E-state index contributed by atoms with van der Waals surface area (Å²) in [4.78, 5) is 10.5. The first-order valence-electron chi connectivity index (χ1n) is 6.72. The Labute approximate surface area is 119 Å². The Balaban J connectivity index is 2.19. The summed E-state index contributed by atoms with van der Waals surface area (Å²) >= 11 is 0. The molecule has 0 unspecified atom stereocenters. The Hall–Kier alpha value is -1.56. The fraction of sp³-hybridized carbons (Fsp3) is 0.500. The van der Waals surface area contributed by atoms with Crippen LogP contribution in [0.5, 0.6) is 0 Å². The monoisotopic (exact) mass is 297 g/mol. The van der Waals surface area contributed by atoms with E-state index in [9.17, 15) is 13.2 Å². The van der Waals surface area contributed by atoms with E-state index in [0.717, 1.165) is 29.7 Å². The van der Waals surface area contributed by atoms with E-state index in [2.05, 4.69) is 0 Å². The molecule has 1 aliphatic heterocycles. The molecule has 0 radical (unpaired) electrons. The highest BCUT2D eigenvalue weighted by Crippen LogP contribution is 2.30. The van der Waals surface area contributed by atoms with Crippen LogP contribution in [0.3, 0.4) is 0 Å². The molecule has 5 nitrogen and oxygen atoms in total. The smallest absolute Gasteiger partial charge is 0.303 e. The minimum Gasteiger partial charge on any atom is -0.481 e. The summed E-state index contributed by atoms with van der Waals surface area (Å²) in [6, 6.07) is 5.77. The van der Waals surface area contributed by atoms with E-state index in [1.54, 1.807) is 0 Å². The lowest BCUT2D eigenvalue weighted by molar-refractivity contribution is -0.137. The second kappa shape index (κ2) is 5.83. The van der Waals surface area contributed by atoms with E-state index < -0.39 is 16.0 Å². The fourth-order valence-corrected chi connectivity index (χ4v) is 4.11. The molecule has 1 aliphatic rings. The number of hydrogen-bond acceptors (Lipinski definition) is 3. The van der Waals surface area contributed by atoms with Crippen LogP contribution in [0, 0.1) is 6.92 Å². The molecular formula is C14H19NO4S. The molecule has 1 N–H and O–H groups in total. The first kappa shape index (κ1) is 14.8. The van der Waals surface area contributed by atoms with Gasteiger partial charge in [0.15, 0.2) is 0 Å². The van der Waals surface area contributed by atoms with Crippen LogP contribution in [-0.2, 0) is 21.2 Å². The van der Waals surface area contributed by atoms with Crippen molar-refractivity contribution in [3.8, 4) is 0 Å². The summed E-state index contributed by atoms with van der Waals surface area (Å²) in [6.45, 7) is 2.46. The fourth-order valence-electron chi connectivity index (χ4n) is 2.50. The molecule has 1 aromatic carbocycles. The lowest BCUT2D eigenvalue weighted by Gasteiger charge is -2.30. The van der Waals surface area contributed by atoms with Gasteiger partial charge >= 0.3 is 5.97 Å². The van der Waals surface area contributed by atoms with Gasteiger partial charge in [0, 0.05) is 13.0 Å². The minimum atomic E-state index is -3.44. The molecule has 0 spiro atoms. The lowest BCUT2D eigenvalue weighted by Crippen LogP contribution is -2.37. The summed E-state index contributed by atoms with van der Waals surface area (Å²) in [5, 5.41) is 8.60. The van der Waals surface area contributed by atoms with E-state index >= 15 is 0 Å². The van der Waals surface area contributed by atoms with Gasteiger partial charge in [-0.3, -0.25) is 9.10 Å². The molecule has 0 amide bonds. The van der Waals surface area contributed by atoms with Crippen LogP contribution in [0.15, 0.2) is 18.2 Å². The molecule has 0 aromatic heterocycles. The van der Waals surface area contributed by atoms with Gasteiger partial charge in [-0.1, -0.05) is 17.7 Å². The van der Waals surface area contributed by atoms with E-state index in [4.69, 9.17) is 5.11 Å². The quantitative estimate of drug-likeness (QED) is 0.901. The summed E-state index contributed by atoms with van der Waals surface area (Å²) in [5.41, 5.74) is 2.92. The van der Waals surface area contributed by atoms with Gasteiger partial charge in [0.05, 0.1) is 11.4 Å². The van der Waals surface area contributed by atoms with Crippen molar-refractivity contribution in [1.29, 1.82) is 0 Å². The van der Waals surface area contributed by atoms with Crippen LogP contribution in [0.1, 0.15) is 30.4 Å². The molecule has 0 saturated carbocycles. The topological polar surface area (TPSA) is 74.7 Å². The minimum absolute atomic E-state index is 0.117. The van der Waals surface area contributed by atoms with Crippen LogP contribution in [0.4, 0.5) is 5.69 Å². The van der Waals surface area contributed by atoms with Crippen molar-refractivity contribution in [1.82, 2.24) is 0 Å². The number of rotatable bonds is 5. The molecule has 0 fully saturated rings. The Morgan fingerprint density at radius 1 is 1.40 bits per heavy atom. The highest BCUT2D eigenvalue weighted by Gasteiger charge is 2.27. The highest BCUT2D eigenvalue weighted by atomic mass is 32.2. The number of aliphatic carboxylic acids is 1. The standard InChI is InChI=1S/C14H19NO4S/c1-11-6-7-13-12(10-11)4-2-8-15(13)20(18,19)9-3-5-14(16)17/h6-7,10H,2-5,8-9H2,1H3,(H,16,17).